The van der Waals surface area contributed by atoms with E-state index in [4.69, 9.17) is 26.2 Å². The zero-order chi connectivity index (χ0) is 25.1. The summed E-state index contributed by atoms with van der Waals surface area (Å²) >= 11 is 6.14. The quantitative estimate of drug-likeness (QED) is 0.256. The minimum absolute atomic E-state index is 0.00406. The fourth-order valence-corrected chi connectivity index (χ4v) is 4.30. The Morgan fingerprint density at radius 1 is 1.00 bits per heavy atom. The highest BCUT2D eigenvalue weighted by Crippen LogP contribution is 2.37. The van der Waals surface area contributed by atoms with Crippen LogP contribution in [-0.4, -0.2) is 34.2 Å². The maximum absolute atomic E-state index is 13.5. The van der Waals surface area contributed by atoms with Crippen LogP contribution in [0.4, 0.5) is 0 Å². The highest BCUT2D eigenvalue weighted by atomic mass is 35.5. The average Bonchev–Trinajstić information content (AvgIpc) is 3.68. The highest BCUT2D eigenvalue weighted by Gasteiger charge is 2.30. The summed E-state index contributed by atoms with van der Waals surface area (Å²) in [4.78, 5) is 15.4. The van der Waals surface area contributed by atoms with Crippen molar-refractivity contribution in [3.8, 4) is 23.1 Å². The number of aryl methyl sites for hydroxylation is 1. The van der Waals surface area contributed by atoms with Crippen molar-refractivity contribution in [2.24, 2.45) is 5.92 Å². The molecule has 1 amide bonds. The number of aromatic nitrogens is 2. The third kappa shape index (κ3) is 5.24. The number of carbonyl (C=O) groups excluding carboxylic acids is 1. The largest absolute Gasteiger partial charge is 0.493 e. The molecule has 1 fully saturated rings. The van der Waals surface area contributed by atoms with E-state index < -0.39 is 0 Å². The van der Waals surface area contributed by atoms with Crippen LogP contribution in [0.3, 0.4) is 0 Å². The van der Waals surface area contributed by atoms with Crippen LogP contribution in [0.25, 0.3) is 5.69 Å². The van der Waals surface area contributed by atoms with Crippen molar-refractivity contribution >= 4 is 17.5 Å². The predicted molar refractivity (Wildman–Crippen MR) is 140 cm³/mol. The molecule has 1 aliphatic rings. The molecule has 1 heterocycles. The summed E-state index contributed by atoms with van der Waals surface area (Å²) in [5, 5.41) is 5.45. The smallest absolute Gasteiger partial charge is 0.254 e. The standard InChI is InChI=1S/C29H28ClN3O3/c1-20-25(19-32(18-21-12-13-21)28(34)22-8-4-3-5-9-22)29(36-27-11-7-6-10-26(27)35-2)33(31-20)24-16-14-23(30)15-17-24/h3-11,14-17,21H,12-13,18-19H2,1-2H3. The fraction of sp³-hybridized carbons (Fsp3) is 0.241. The van der Waals surface area contributed by atoms with Crippen molar-refractivity contribution in [3.63, 3.8) is 0 Å². The minimum atomic E-state index is 0.00406. The molecule has 7 heteroatoms. The molecule has 5 rings (SSSR count). The van der Waals surface area contributed by atoms with Gasteiger partial charge in [-0.05, 0) is 74.2 Å². The van der Waals surface area contributed by atoms with Crippen LogP contribution in [0.5, 0.6) is 17.4 Å². The van der Waals surface area contributed by atoms with Gasteiger partial charge in [0.15, 0.2) is 11.5 Å². The lowest BCUT2D eigenvalue weighted by atomic mass is 10.1. The summed E-state index contributed by atoms with van der Waals surface area (Å²) in [6, 6.07) is 24.3. The second-order valence-corrected chi connectivity index (χ2v) is 9.44. The van der Waals surface area contributed by atoms with Gasteiger partial charge < -0.3 is 14.4 Å². The van der Waals surface area contributed by atoms with Crippen LogP contribution in [0.15, 0.2) is 78.9 Å². The summed E-state index contributed by atoms with van der Waals surface area (Å²) in [7, 11) is 1.61. The van der Waals surface area contributed by atoms with Gasteiger partial charge in [0.1, 0.15) is 0 Å². The summed E-state index contributed by atoms with van der Waals surface area (Å²) in [6.07, 6.45) is 2.29. The molecule has 3 aromatic carbocycles. The molecule has 0 aliphatic heterocycles. The van der Waals surface area contributed by atoms with E-state index in [1.54, 1.807) is 11.8 Å². The van der Waals surface area contributed by atoms with Gasteiger partial charge in [-0.1, -0.05) is 41.9 Å². The fourth-order valence-electron chi connectivity index (χ4n) is 4.18. The molecular weight excluding hydrogens is 474 g/mol. The molecular formula is C29H28ClN3O3. The number of para-hydroxylation sites is 2. The number of carbonyl (C=O) groups is 1. The van der Waals surface area contributed by atoms with Crippen molar-refractivity contribution < 1.29 is 14.3 Å². The van der Waals surface area contributed by atoms with Gasteiger partial charge in [-0.15, -0.1) is 0 Å². The van der Waals surface area contributed by atoms with E-state index in [1.165, 1.54) is 0 Å². The van der Waals surface area contributed by atoms with Gasteiger partial charge in [-0.3, -0.25) is 4.79 Å². The molecule has 1 aliphatic carbocycles. The zero-order valence-electron chi connectivity index (χ0n) is 20.4. The molecule has 1 saturated carbocycles. The van der Waals surface area contributed by atoms with Crippen molar-refractivity contribution in [1.29, 1.82) is 0 Å². The Labute approximate surface area is 216 Å². The number of hydrogen-bond acceptors (Lipinski definition) is 4. The van der Waals surface area contributed by atoms with Crippen LogP contribution in [0.2, 0.25) is 5.02 Å². The molecule has 0 radical (unpaired) electrons. The molecule has 0 bridgehead atoms. The molecule has 6 nitrogen and oxygen atoms in total. The number of amides is 1. The molecule has 1 aromatic heterocycles. The first-order chi connectivity index (χ1) is 17.5. The van der Waals surface area contributed by atoms with E-state index in [0.717, 1.165) is 29.8 Å². The summed E-state index contributed by atoms with van der Waals surface area (Å²) in [5.74, 6) is 2.26. The van der Waals surface area contributed by atoms with Gasteiger partial charge in [0.2, 0.25) is 5.88 Å². The van der Waals surface area contributed by atoms with Crippen LogP contribution in [-0.2, 0) is 6.54 Å². The first kappa shape index (κ1) is 23.9. The summed E-state index contributed by atoms with van der Waals surface area (Å²) < 4.78 is 13.8. The lowest BCUT2D eigenvalue weighted by Crippen LogP contribution is -2.32. The number of hydrogen-bond donors (Lipinski definition) is 0. The van der Waals surface area contributed by atoms with E-state index in [0.29, 0.717) is 47.0 Å². The molecule has 0 unspecified atom stereocenters. The monoisotopic (exact) mass is 501 g/mol. The van der Waals surface area contributed by atoms with Crippen molar-refractivity contribution in [3.05, 3.63) is 101 Å². The molecule has 0 atom stereocenters. The van der Waals surface area contributed by atoms with Crippen molar-refractivity contribution in [1.82, 2.24) is 14.7 Å². The Morgan fingerprint density at radius 3 is 2.33 bits per heavy atom. The second-order valence-electron chi connectivity index (χ2n) is 9.01. The SMILES string of the molecule is COc1ccccc1Oc1c(CN(CC2CC2)C(=O)c2ccccc2)c(C)nn1-c1ccc(Cl)cc1. The molecule has 0 N–H and O–H groups in total. The van der Waals surface area contributed by atoms with Gasteiger partial charge >= 0.3 is 0 Å². The van der Waals surface area contributed by atoms with Crippen LogP contribution in [0.1, 0.15) is 34.5 Å². The molecule has 0 spiro atoms. The zero-order valence-corrected chi connectivity index (χ0v) is 21.1. The van der Waals surface area contributed by atoms with Crippen LogP contribution in [0, 0.1) is 12.8 Å². The first-order valence-corrected chi connectivity index (χ1v) is 12.4. The van der Waals surface area contributed by atoms with Crippen LogP contribution >= 0.6 is 11.6 Å². The summed E-state index contributed by atoms with van der Waals surface area (Å²) in [5.41, 5.74) is 3.12. The second kappa shape index (κ2) is 10.5. The van der Waals surface area contributed by atoms with Gasteiger partial charge in [-0.2, -0.15) is 5.10 Å². The summed E-state index contributed by atoms with van der Waals surface area (Å²) in [6.45, 7) is 3.03. The maximum atomic E-state index is 13.5. The first-order valence-electron chi connectivity index (χ1n) is 12.0. The number of nitrogens with zero attached hydrogens (tertiary/aromatic N) is 3. The number of halogens is 1. The maximum Gasteiger partial charge on any atom is 0.254 e. The van der Waals surface area contributed by atoms with Gasteiger partial charge in [0.05, 0.1) is 30.6 Å². The molecule has 36 heavy (non-hydrogen) atoms. The lowest BCUT2D eigenvalue weighted by molar-refractivity contribution is 0.0733. The Morgan fingerprint density at radius 2 is 1.67 bits per heavy atom. The number of methoxy groups -OCH3 is 1. The highest BCUT2D eigenvalue weighted by molar-refractivity contribution is 6.30. The van der Waals surface area contributed by atoms with E-state index in [-0.39, 0.29) is 5.91 Å². The number of benzene rings is 3. The molecule has 0 saturated heterocycles. The van der Waals surface area contributed by atoms with Gasteiger partial charge in [0, 0.05) is 17.1 Å². The predicted octanol–water partition coefficient (Wildman–Crippen LogP) is 6.69. The van der Waals surface area contributed by atoms with Crippen LogP contribution < -0.4 is 9.47 Å². The van der Waals surface area contributed by atoms with E-state index in [1.807, 2.05) is 90.7 Å². The van der Waals surface area contributed by atoms with E-state index in [2.05, 4.69) is 0 Å². The van der Waals surface area contributed by atoms with Crippen molar-refractivity contribution in [2.45, 2.75) is 26.3 Å². The van der Waals surface area contributed by atoms with Gasteiger partial charge in [-0.25, -0.2) is 4.68 Å². The minimum Gasteiger partial charge on any atom is -0.493 e. The van der Waals surface area contributed by atoms with E-state index in [9.17, 15) is 4.79 Å². The lowest BCUT2D eigenvalue weighted by Gasteiger charge is -2.23. The number of rotatable bonds is 9. The third-order valence-corrected chi connectivity index (χ3v) is 6.57. The van der Waals surface area contributed by atoms with Crippen molar-refractivity contribution in [2.75, 3.05) is 13.7 Å². The third-order valence-electron chi connectivity index (χ3n) is 6.32. The normalized spacial score (nSPS) is 12.9. The van der Waals surface area contributed by atoms with E-state index >= 15 is 0 Å². The topological polar surface area (TPSA) is 56.6 Å². The Hall–Kier alpha value is -3.77. The average molecular weight is 502 g/mol. The Bertz CT molecular complexity index is 1350. The molecule has 4 aromatic rings. The number of ether oxygens (including phenoxy) is 2. The molecule has 184 valence electrons. The Balaban J connectivity index is 1.57. The Kier molecular flexibility index (Phi) is 6.96. The van der Waals surface area contributed by atoms with Gasteiger partial charge in [0.25, 0.3) is 5.91 Å².